The molecule has 7 heteroatoms. The number of nitrogens with zero attached hydrogens (tertiary/aromatic N) is 3. The molecule has 0 fully saturated rings. The van der Waals surface area contributed by atoms with Crippen molar-refractivity contribution in [2.75, 3.05) is 26.9 Å². The highest BCUT2D eigenvalue weighted by atomic mass is 16.6. The minimum atomic E-state index is -0.952. The summed E-state index contributed by atoms with van der Waals surface area (Å²) in [4.78, 5) is 2.72. The number of azide groups is 1. The predicted molar refractivity (Wildman–Crippen MR) is 67.2 cm³/mol. The third-order valence-corrected chi connectivity index (χ3v) is 2.81. The van der Waals surface area contributed by atoms with Crippen LogP contribution in [0.25, 0.3) is 10.4 Å². The molecule has 1 aromatic rings. The van der Waals surface area contributed by atoms with Gasteiger partial charge in [-0.15, -0.1) is 0 Å². The van der Waals surface area contributed by atoms with Crippen LogP contribution in [0, 0.1) is 0 Å². The van der Waals surface area contributed by atoms with Crippen molar-refractivity contribution in [3.63, 3.8) is 0 Å². The summed E-state index contributed by atoms with van der Waals surface area (Å²) in [6.45, 7) is 1.13. The molecule has 1 aliphatic rings. The first-order valence-electron chi connectivity index (χ1n) is 5.87. The van der Waals surface area contributed by atoms with E-state index in [1.54, 1.807) is 18.2 Å². The van der Waals surface area contributed by atoms with Gasteiger partial charge in [-0.05, 0) is 23.2 Å². The van der Waals surface area contributed by atoms with E-state index in [4.69, 9.17) is 19.7 Å². The Morgan fingerprint density at radius 2 is 2.16 bits per heavy atom. The first-order valence-corrected chi connectivity index (χ1v) is 5.87. The van der Waals surface area contributed by atoms with Gasteiger partial charge in [0.2, 0.25) is 0 Å². The molecule has 7 nitrogen and oxygen atoms in total. The van der Waals surface area contributed by atoms with Crippen LogP contribution in [0.1, 0.15) is 11.7 Å². The maximum absolute atomic E-state index is 10.2. The molecule has 1 heterocycles. The molecule has 0 amide bonds. The summed E-state index contributed by atoms with van der Waals surface area (Å²) in [6, 6.07) is 4.45. The summed E-state index contributed by atoms with van der Waals surface area (Å²) in [7, 11) is 1.48. The summed E-state index contributed by atoms with van der Waals surface area (Å²) in [5.74, 6) is 1.23. The zero-order valence-corrected chi connectivity index (χ0v) is 10.5. The Morgan fingerprint density at radius 1 is 1.42 bits per heavy atom. The van der Waals surface area contributed by atoms with Crippen LogP contribution >= 0.6 is 0 Å². The third-order valence-electron chi connectivity index (χ3n) is 2.81. The second kappa shape index (κ2) is 6.29. The van der Waals surface area contributed by atoms with Crippen molar-refractivity contribution in [1.82, 2.24) is 0 Å². The minimum Gasteiger partial charge on any atom is -0.486 e. The highest BCUT2D eigenvalue weighted by Gasteiger charge is 2.22. The third kappa shape index (κ3) is 3.08. The van der Waals surface area contributed by atoms with Crippen molar-refractivity contribution in [3.05, 3.63) is 34.2 Å². The van der Waals surface area contributed by atoms with E-state index in [0.29, 0.717) is 30.3 Å². The molecule has 0 saturated carbocycles. The topological polar surface area (TPSA) is 96.7 Å². The summed E-state index contributed by atoms with van der Waals surface area (Å²) in [6.07, 6.45) is -0.952. The van der Waals surface area contributed by atoms with E-state index >= 15 is 0 Å². The van der Waals surface area contributed by atoms with Crippen molar-refractivity contribution >= 4 is 0 Å². The summed E-state index contributed by atoms with van der Waals surface area (Å²) < 4.78 is 15.8. The van der Waals surface area contributed by atoms with Gasteiger partial charge in [0.15, 0.2) is 11.5 Å². The van der Waals surface area contributed by atoms with Crippen LogP contribution in [-0.4, -0.2) is 38.1 Å². The lowest BCUT2D eigenvalue weighted by atomic mass is 10.0. The number of hydrogen-bond acceptors (Lipinski definition) is 5. The number of benzene rings is 1. The molecular formula is C12H15N3O4. The maximum atomic E-state index is 10.2. The van der Waals surface area contributed by atoms with E-state index in [0.717, 1.165) is 0 Å². The number of hydrogen-bond donors (Lipinski definition) is 1. The van der Waals surface area contributed by atoms with Crippen molar-refractivity contribution in [2.45, 2.75) is 12.1 Å². The fourth-order valence-corrected chi connectivity index (χ4v) is 1.89. The van der Waals surface area contributed by atoms with Crippen LogP contribution in [-0.2, 0) is 4.74 Å². The van der Waals surface area contributed by atoms with E-state index in [9.17, 15) is 5.11 Å². The molecule has 1 N–H and O–H groups in total. The number of aliphatic hydroxyl groups excluding tert-OH is 1. The maximum Gasteiger partial charge on any atom is 0.161 e. The first kappa shape index (κ1) is 13.5. The van der Waals surface area contributed by atoms with E-state index in [1.807, 2.05) is 0 Å². The summed E-state index contributed by atoms with van der Waals surface area (Å²) in [5.41, 5.74) is 9.09. The lowest BCUT2D eigenvalue weighted by molar-refractivity contribution is 0.0868. The van der Waals surface area contributed by atoms with Crippen molar-refractivity contribution in [2.24, 2.45) is 5.11 Å². The zero-order chi connectivity index (χ0) is 13.7. The second-order valence-electron chi connectivity index (χ2n) is 4.08. The van der Waals surface area contributed by atoms with Gasteiger partial charge in [-0.1, -0.05) is 11.2 Å². The molecule has 0 saturated heterocycles. The molecule has 0 aliphatic carbocycles. The normalized spacial score (nSPS) is 16.3. The molecule has 0 aromatic heterocycles. The van der Waals surface area contributed by atoms with E-state index in [2.05, 4.69) is 10.0 Å². The van der Waals surface area contributed by atoms with Gasteiger partial charge in [-0.25, -0.2) is 0 Å². The molecule has 0 bridgehead atoms. The Hall–Kier alpha value is -1.95. The molecule has 102 valence electrons. The Morgan fingerprint density at radius 3 is 2.84 bits per heavy atom. The van der Waals surface area contributed by atoms with Crippen LogP contribution in [0.5, 0.6) is 11.5 Å². The fraction of sp³-hybridized carbons (Fsp3) is 0.500. The Kier molecular flexibility index (Phi) is 4.46. The molecular weight excluding hydrogens is 250 g/mol. The van der Waals surface area contributed by atoms with Gasteiger partial charge in [0.25, 0.3) is 0 Å². The van der Waals surface area contributed by atoms with Gasteiger partial charge < -0.3 is 19.3 Å². The number of aliphatic hydroxyl groups is 1. The van der Waals surface area contributed by atoms with Crippen LogP contribution in [0.2, 0.25) is 0 Å². The van der Waals surface area contributed by atoms with Crippen LogP contribution in [0.15, 0.2) is 23.3 Å². The summed E-state index contributed by atoms with van der Waals surface area (Å²) >= 11 is 0. The molecule has 1 aliphatic heterocycles. The fourth-order valence-electron chi connectivity index (χ4n) is 1.89. The molecule has 0 spiro atoms. The minimum absolute atomic E-state index is 0.139. The van der Waals surface area contributed by atoms with Crippen molar-refractivity contribution in [3.8, 4) is 11.5 Å². The van der Waals surface area contributed by atoms with Gasteiger partial charge in [0.05, 0.1) is 18.8 Å². The first-order chi connectivity index (χ1) is 9.26. The average molecular weight is 265 g/mol. The zero-order valence-electron chi connectivity index (χ0n) is 10.5. The molecule has 19 heavy (non-hydrogen) atoms. The number of rotatable bonds is 5. The lowest BCUT2D eigenvalue weighted by Crippen LogP contribution is -2.22. The molecule has 1 aromatic carbocycles. The van der Waals surface area contributed by atoms with Gasteiger partial charge in [-0.2, -0.15) is 0 Å². The van der Waals surface area contributed by atoms with Crippen LogP contribution < -0.4 is 9.47 Å². The van der Waals surface area contributed by atoms with Crippen LogP contribution in [0.4, 0.5) is 0 Å². The molecule has 2 rings (SSSR count). The highest BCUT2D eigenvalue weighted by Crippen LogP contribution is 2.33. The van der Waals surface area contributed by atoms with E-state index in [-0.39, 0.29) is 6.61 Å². The monoisotopic (exact) mass is 265 g/mol. The van der Waals surface area contributed by atoms with Crippen molar-refractivity contribution in [1.29, 1.82) is 0 Å². The highest BCUT2D eigenvalue weighted by molar-refractivity contribution is 5.44. The smallest absolute Gasteiger partial charge is 0.161 e. The summed E-state index contributed by atoms with van der Waals surface area (Å²) in [5, 5.41) is 13.7. The van der Waals surface area contributed by atoms with Gasteiger partial charge in [-0.3, -0.25) is 0 Å². The Bertz CT molecular complexity index is 488. The van der Waals surface area contributed by atoms with Gasteiger partial charge >= 0.3 is 0 Å². The van der Waals surface area contributed by atoms with E-state index < -0.39 is 12.1 Å². The lowest BCUT2D eigenvalue weighted by Gasteiger charge is -2.22. The molecule has 2 atom stereocenters. The van der Waals surface area contributed by atoms with Gasteiger partial charge in [0.1, 0.15) is 13.2 Å². The quantitative estimate of drug-likeness (QED) is 0.499. The number of methoxy groups -OCH3 is 1. The molecule has 1 unspecified atom stereocenters. The van der Waals surface area contributed by atoms with E-state index in [1.165, 1.54) is 7.11 Å². The van der Waals surface area contributed by atoms with Crippen LogP contribution in [0.3, 0.4) is 0 Å². The SMILES string of the molecule is COCC(N=[N+]=[N-])[C@H](O)c1ccc2c(c1)OCCO2. The number of fused-ring (bicyclic) bond motifs is 1. The molecule has 0 radical (unpaired) electrons. The Balaban J connectivity index is 2.22. The number of ether oxygens (including phenoxy) is 3. The second-order valence-corrected chi connectivity index (χ2v) is 4.08. The van der Waals surface area contributed by atoms with Crippen molar-refractivity contribution < 1.29 is 19.3 Å². The average Bonchev–Trinajstić information content (AvgIpc) is 2.46. The largest absolute Gasteiger partial charge is 0.486 e. The standard InChI is InChI=1S/C12H15N3O4/c1-17-7-9(14-15-13)12(16)8-2-3-10-11(6-8)19-5-4-18-10/h2-3,6,9,12,16H,4-5,7H2,1H3/t9?,12-/m1/s1. The Labute approximate surface area is 110 Å². The van der Waals surface area contributed by atoms with Gasteiger partial charge in [0, 0.05) is 12.0 Å². The predicted octanol–water partition coefficient (Wildman–Crippen LogP) is 1.82.